The predicted molar refractivity (Wildman–Crippen MR) is 76.7 cm³/mol. The maximum absolute atomic E-state index is 14.2. The minimum absolute atomic E-state index is 0.00973. The van der Waals surface area contributed by atoms with Gasteiger partial charge in [-0.25, -0.2) is 8.78 Å². The molecule has 2 saturated carbocycles. The second-order valence-corrected chi connectivity index (χ2v) is 7.86. The Hall–Kier alpha value is -0.960. The van der Waals surface area contributed by atoms with E-state index in [0.717, 1.165) is 25.5 Å². The zero-order valence-electron chi connectivity index (χ0n) is 12.5. The van der Waals surface area contributed by atoms with Crippen LogP contribution in [0.15, 0.2) is 18.2 Å². The summed E-state index contributed by atoms with van der Waals surface area (Å²) in [4.78, 5) is 0. The molecule has 3 rings (SSSR count). The van der Waals surface area contributed by atoms with Crippen molar-refractivity contribution >= 4 is 0 Å². The standard InChI is InChI=1S/C17H23F2N/c1-15(2,3)20-11-17(9-16(10-17)6-7-16)13-5-4-12(18)8-14(13)19/h4-5,8,20H,6-7,9-11H2,1-3H3. The molecule has 3 heteroatoms. The van der Waals surface area contributed by atoms with Gasteiger partial charge in [-0.15, -0.1) is 0 Å². The molecule has 0 aromatic heterocycles. The van der Waals surface area contributed by atoms with Crippen LogP contribution in [0.2, 0.25) is 0 Å². The summed E-state index contributed by atoms with van der Waals surface area (Å²) in [6.07, 6.45) is 4.61. The van der Waals surface area contributed by atoms with E-state index in [1.165, 1.54) is 18.9 Å². The molecule has 1 aromatic rings. The molecule has 2 aliphatic carbocycles. The second kappa shape index (κ2) is 4.27. The number of hydrogen-bond donors (Lipinski definition) is 1. The molecule has 110 valence electrons. The summed E-state index contributed by atoms with van der Waals surface area (Å²) in [5.41, 5.74) is 1.02. The van der Waals surface area contributed by atoms with Gasteiger partial charge in [0, 0.05) is 23.6 Å². The highest BCUT2D eigenvalue weighted by atomic mass is 19.1. The number of nitrogens with one attached hydrogen (secondary N) is 1. The molecule has 1 spiro atoms. The number of hydrogen-bond acceptors (Lipinski definition) is 1. The zero-order valence-corrected chi connectivity index (χ0v) is 12.5. The average molecular weight is 279 g/mol. The van der Waals surface area contributed by atoms with E-state index in [1.807, 2.05) is 0 Å². The van der Waals surface area contributed by atoms with Crippen LogP contribution in [0.1, 0.15) is 52.0 Å². The van der Waals surface area contributed by atoms with E-state index in [0.29, 0.717) is 11.0 Å². The van der Waals surface area contributed by atoms with Crippen molar-refractivity contribution in [2.45, 2.75) is 57.4 Å². The number of benzene rings is 1. The van der Waals surface area contributed by atoms with Crippen LogP contribution in [0.4, 0.5) is 8.78 Å². The fraction of sp³-hybridized carbons (Fsp3) is 0.647. The maximum Gasteiger partial charge on any atom is 0.129 e. The first-order chi connectivity index (χ1) is 9.24. The van der Waals surface area contributed by atoms with Gasteiger partial charge in [-0.1, -0.05) is 6.07 Å². The van der Waals surface area contributed by atoms with Crippen LogP contribution in [0, 0.1) is 17.0 Å². The van der Waals surface area contributed by atoms with Crippen molar-refractivity contribution in [3.05, 3.63) is 35.4 Å². The van der Waals surface area contributed by atoms with Gasteiger partial charge in [0.1, 0.15) is 11.6 Å². The molecule has 20 heavy (non-hydrogen) atoms. The molecule has 2 aliphatic rings. The van der Waals surface area contributed by atoms with Gasteiger partial charge in [-0.05, 0) is 63.5 Å². The molecule has 0 saturated heterocycles. The zero-order chi connectivity index (χ0) is 14.6. The minimum atomic E-state index is -0.495. The molecule has 0 bridgehead atoms. The summed E-state index contributed by atoms with van der Waals surface area (Å²) in [6.45, 7) is 7.12. The van der Waals surface area contributed by atoms with Gasteiger partial charge in [0.15, 0.2) is 0 Å². The lowest BCUT2D eigenvalue weighted by Crippen LogP contribution is -2.53. The lowest BCUT2D eigenvalue weighted by atomic mass is 9.56. The van der Waals surface area contributed by atoms with E-state index < -0.39 is 11.6 Å². The Morgan fingerprint density at radius 3 is 2.30 bits per heavy atom. The van der Waals surface area contributed by atoms with E-state index in [2.05, 4.69) is 26.1 Å². The van der Waals surface area contributed by atoms with Gasteiger partial charge < -0.3 is 5.32 Å². The van der Waals surface area contributed by atoms with Gasteiger partial charge in [0.05, 0.1) is 0 Å². The molecular formula is C17H23F2N. The van der Waals surface area contributed by atoms with Crippen molar-refractivity contribution in [1.29, 1.82) is 0 Å². The maximum atomic E-state index is 14.2. The van der Waals surface area contributed by atoms with Gasteiger partial charge in [0.25, 0.3) is 0 Å². The summed E-state index contributed by atoms with van der Waals surface area (Å²) >= 11 is 0. The van der Waals surface area contributed by atoms with Gasteiger partial charge in [-0.3, -0.25) is 0 Å². The molecule has 1 nitrogen and oxygen atoms in total. The molecule has 2 fully saturated rings. The molecule has 0 heterocycles. The number of halogens is 2. The Morgan fingerprint density at radius 1 is 1.15 bits per heavy atom. The Kier molecular flexibility index (Phi) is 2.99. The van der Waals surface area contributed by atoms with Gasteiger partial charge in [-0.2, -0.15) is 0 Å². The first kappa shape index (κ1) is 14.0. The summed E-state index contributed by atoms with van der Waals surface area (Å²) in [5, 5.41) is 3.51. The molecule has 0 amide bonds. The van der Waals surface area contributed by atoms with E-state index in [9.17, 15) is 8.78 Å². The van der Waals surface area contributed by atoms with E-state index in [4.69, 9.17) is 0 Å². The quantitative estimate of drug-likeness (QED) is 0.876. The Labute approximate surface area is 119 Å². The molecule has 1 aromatic carbocycles. The number of rotatable bonds is 3. The molecule has 1 N–H and O–H groups in total. The highest BCUT2D eigenvalue weighted by Crippen LogP contribution is 2.69. The largest absolute Gasteiger partial charge is 0.311 e. The third-order valence-corrected chi connectivity index (χ3v) is 4.84. The first-order valence-electron chi connectivity index (χ1n) is 7.44. The Balaban J connectivity index is 1.86. The minimum Gasteiger partial charge on any atom is -0.311 e. The molecule has 0 aliphatic heterocycles. The van der Waals surface area contributed by atoms with Crippen molar-refractivity contribution in [3.8, 4) is 0 Å². The van der Waals surface area contributed by atoms with Crippen LogP contribution >= 0.6 is 0 Å². The van der Waals surface area contributed by atoms with Crippen LogP contribution in [-0.4, -0.2) is 12.1 Å². The molecule has 0 unspecified atom stereocenters. The van der Waals surface area contributed by atoms with Crippen molar-refractivity contribution in [2.24, 2.45) is 5.41 Å². The first-order valence-corrected chi connectivity index (χ1v) is 7.44. The summed E-state index contributed by atoms with van der Waals surface area (Å²) in [5.74, 6) is -0.887. The van der Waals surface area contributed by atoms with Crippen molar-refractivity contribution < 1.29 is 8.78 Å². The van der Waals surface area contributed by atoms with Crippen LogP contribution in [0.3, 0.4) is 0 Å². The summed E-state index contributed by atoms with van der Waals surface area (Å²) < 4.78 is 27.3. The second-order valence-electron chi connectivity index (χ2n) is 7.86. The van der Waals surface area contributed by atoms with Crippen LogP contribution in [0.5, 0.6) is 0 Å². The van der Waals surface area contributed by atoms with E-state index in [1.54, 1.807) is 6.07 Å². The fourth-order valence-corrected chi connectivity index (χ4v) is 3.68. The van der Waals surface area contributed by atoms with E-state index >= 15 is 0 Å². The van der Waals surface area contributed by atoms with Crippen LogP contribution in [-0.2, 0) is 5.41 Å². The summed E-state index contributed by atoms with van der Waals surface area (Å²) in [7, 11) is 0. The molecule has 0 radical (unpaired) electrons. The highest BCUT2D eigenvalue weighted by molar-refractivity contribution is 5.35. The van der Waals surface area contributed by atoms with Crippen molar-refractivity contribution in [1.82, 2.24) is 5.32 Å². The van der Waals surface area contributed by atoms with Crippen molar-refractivity contribution in [3.63, 3.8) is 0 Å². The van der Waals surface area contributed by atoms with E-state index in [-0.39, 0.29) is 11.0 Å². The Bertz CT molecular complexity index is 518. The lowest BCUT2D eigenvalue weighted by molar-refractivity contribution is 0.104. The fourth-order valence-electron chi connectivity index (χ4n) is 3.68. The predicted octanol–water partition coefficient (Wildman–Crippen LogP) is 4.16. The van der Waals surface area contributed by atoms with Gasteiger partial charge in [0.2, 0.25) is 0 Å². The highest BCUT2D eigenvalue weighted by Gasteiger charge is 2.61. The van der Waals surface area contributed by atoms with Crippen molar-refractivity contribution in [2.75, 3.05) is 6.54 Å². The molecule has 0 atom stereocenters. The monoisotopic (exact) mass is 279 g/mol. The average Bonchev–Trinajstić information content (AvgIpc) is 3.04. The topological polar surface area (TPSA) is 12.0 Å². The lowest BCUT2D eigenvalue weighted by Gasteiger charge is -2.50. The molecular weight excluding hydrogens is 256 g/mol. The Morgan fingerprint density at radius 2 is 1.80 bits per heavy atom. The van der Waals surface area contributed by atoms with Crippen LogP contribution in [0.25, 0.3) is 0 Å². The van der Waals surface area contributed by atoms with Gasteiger partial charge >= 0.3 is 0 Å². The summed E-state index contributed by atoms with van der Waals surface area (Å²) in [6, 6.07) is 4.05. The normalized spacial score (nSPS) is 22.6. The third-order valence-electron chi connectivity index (χ3n) is 4.84. The SMILES string of the molecule is CC(C)(C)NCC1(c2ccc(F)cc2F)CC2(CC2)C1. The smallest absolute Gasteiger partial charge is 0.129 e. The van der Waals surface area contributed by atoms with Crippen LogP contribution < -0.4 is 5.32 Å². The third kappa shape index (κ3) is 2.48.